The van der Waals surface area contributed by atoms with Crippen LogP contribution in [0, 0.1) is 0 Å². The van der Waals surface area contributed by atoms with Gasteiger partial charge < -0.3 is 14.2 Å². The molecule has 1 unspecified atom stereocenters. The van der Waals surface area contributed by atoms with E-state index in [0.29, 0.717) is 19.3 Å². The summed E-state index contributed by atoms with van der Waals surface area (Å²) >= 11 is 0. The lowest BCUT2D eigenvalue weighted by Crippen LogP contribution is -2.30. The second-order valence-corrected chi connectivity index (χ2v) is 21.3. The first kappa shape index (κ1) is 69.4. The zero-order chi connectivity index (χ0) is 52.2. The molecule has 0 amide bonds. The lowest BCUT2D eigenvalue weighted by Gasteiger charge is -2.18. The number of carbonyl (C=O) groups excluding carboxylic acids is 3. The average Bonchev–Trinajstić information content (AvgIpc) is 3.38. The summed E-state index contributed by atoms with van der Waals surface area (Å²) in [4.78, 5) is 38.3. The van der Waals surface area contributed by atoms with Gasteiger partial charge in [-0.3, -0.25) is 14.4 Å². The molecule has 0 saturated heterocycles. The Morgan fingerprint density at radius 3 is 0.806 bits per heavy atom. The van der Waals surface area contributed by atoms with Crippen molar-refractivity contribution < 1.29 is 28.6 Å². The van der Waals surface area contributed by atoms with E-state index in [1.54, 1.807) is 0 Å². The zero-order valence-corrected chi connectivity index (χ0v) is 48.2. The minimum Gasteiger partial charge on any atom is -0.462 e. The number of rotatable bonds is 58. The molecule has 0 rings (SSSR count). The van der Waals surface area contributed by atoms with Gasteiger partial charge in [-0.1, -0.05) is 262 Å². The minimum atomic E-state index is -0.781. The van der Waals surface area contributed by atoms with Gasteiger partial charge in [0.2, 0.25) is 0 Å². The Hall–Kier alpha value is -2.63. The molecule has 420 valence electrons. The minimum absolute atomic E-state index is 0.0772. The molecule has 6 nitrogen and oxygen atoms in total. The van der Waals surface area contributed by atoms with Crippen molar-refractivity contribution in [2.75, 3.05) is 13.2 Å². The monoisotopic (exact) mass is 1010 g/mol. The maximum Gasteiger partial charge on any atom is 0.306 e. The summed E-state index contributed by atoms with van der Waals surface area (Å²) in [5.74, 6) is -0.877. The number of allylic oxidation sites excluding steroid dienone is 8. The quantitative estimate of drug-likeness (QED) is 0.0261. The second-order valence-electron chi connectivity index (χ2n) is 21.3. The summed E-state index contributed by atoms with van der Waals surface area (Å²) in [6.07, 6.45) is 75.4. The van der Waals surface area contributed by atoms with Gasteiger partial charge in [-0.2, -0.15) is 0 Å². The largest absolute Gasteiger partial charge is 0.462 e. The van der Waals surface area contributed by atoms with E-state index in [1.165, 1.54) is 218 Å². The molecule has 0 fully saturated rings. The Bertz CT molecular complexity index is 1250. The zero-order valence-electron chi connectivity index (χ0n) is 48.2. The fourth-order valence-electron chi connectivity index (χ4n) is 9.23. The van der Waals surface area contributed by atoms with Crippen molar-refractivity contribution in [2.24, 2.45) is 0 Å². The van der Waals surface area contributed by atoms with Crippen molar-refractivity contribution in [1.29, 1.82) is 0 Å². The number of hydrogen-bond acceptors (Lipinski definition) is 6. The summed E-state index contributed by atoms with van der Waals surface area (Å²) in [6.45, 7) is 6.64. The maximum absolute atomic E-state index is 12.9. The van der Waals surface area contributed by atoms with Gasteiger partial charge in [-0.25, -0.2) is 0 Å². The normalized spacial score (nSPS) is 12.3. The van der Waals surface area contributed by atoms with E-state index < -0.39 is 6.10 Å². The third kappa shape index (κ3) is 58.3. The first-order chi connectivity index (χ1) is 35.5. The molecule has 0 bridgehead atoms. The lowest BCUT2D eigenvalue weighted by atomic mass is 10.0. The van der Waals surface area contributed by atoms with Crippen LogP contribution in [-0.4, -0.2) is 37.2 Å². The van der Waals surface area contributed by atoms with E-state index in [2.05, 4.69) is 69.4 Å². The number of unbranched alkanes of at least 4 members (excludes halogenated alkanes) is 39. The number of hydrogen-bond donors (Lipinski definition) is 0. The van der Waals surface area contributed by atoms with E-state index in [0.717, 1.165) is 77.0 Å². The van der Waals surface area contributed by atoms with Crippen molar-refractivity contribution in [2.45, 2.75) is 341 Å². The second kappa shape index (κ2) is 60.9. The SMILES string of the molecule is CCCCC/C=C\C/C=C\CCCCCCCCCC(=O)OC(COC(=O)CCCCCCC/C=C\CCCCCCC)COC(=O)CCCCCCCCCCCCC/C=C\CCCCCCCCCC. The first-order valence-corrected chi connectivity index (χ1v) is 31.6. The van der Waals surface area contributed by atoms with E-state index >= 15 is 0 Å². The van der Waals surface area contributed by atoms with E-state index in [4.69, 9.17) is 14.2 Å². The van der Waals surface area contributed by atoms with Gasteiger partial charge >= 0.3 is 17.9 Å². The summed E-state index contributed by atoms with van der Waals surface area (Å²) in [7, 11) is 0. The highest BCUT2D eigenvalue weighted by molar-refractivity contribution is 5.71. The molecule has 0 aromatic rings. The van der Waals surface area contributed by atoms with E-state index in [9.17, 15) is 14.4 Å². The summed E-state index contributed by atoms with van der Waals surface area (Å²) in [5.41, 5.74) is 0. The Kier molecular flexibility index (Phi) is 58.7. The molecule has 0 N–H and O–H groups in total. The fraction of sp³-hybridized carbons (Fsp3) is 0.833. The van der Waals surface area contributed by atoms with Gasteiger partial charge in [0.15, 0.2) is 6.10 Å². The molecule has 0 saturated carbocycles. The van der Waals surface area contributed by atoms with Crippen LogP contribution in [0.25, 0.3) is 0 Å². The van der Waals surface area contributed by atoms with Crippen molar-refractivity contribution in [3.63, 3.8) is 0 Å². The number of esters is 3. The van der Waals surface area contributed by atoms with Crippen LogP contribution in [0.15, 0.2) is 48.6 Å². The predicted octanol–water partition coefficient (Wildman–Crippen LogP) is 21.4. The molecule has 0 heterocycles. The molecule has 0 aliphatic heterocycles. The molecule has 6 heteroatoms. The number of carbonyl (C=O) groups is 3. The Labute approximate surface area is 448 Å². The van der Waals surface area contributed by atoms with Crippen LogP contribution in [0.5, 0.6) is 0 Å². The van der Waals surface area contributed by atoms with Crippen LogP contribution in [0.3, 0.4) is 0 Å². The van der Waals surface area contributed by atoms with Gasteiger partial charge in [0, 0.05) is 19.3 Å². The average molecular weight is 1010 g/mol. The summed E-state index contributed by atoms with van der Waals surface area (Å²) in [6, 6.07) is 0. The summed E-state index contributed by atoms with van der Waals surface area (Å²) < 4.78 is 16.9. The molecule has 72 heavy (non-hydrogen) atoms. The highest BCUT2D eigenvalue weighted by Crippen LogP contribution is 2.16. The van der Waals surface area contributed by atoms with Crippen LogP contribution in [0.4, 0.5) is 0 Å². The Morgan fingerprint density at radius 1 is 0.278 bits per heavy atom. The maximum atomic E-state index is 12.9. The van der Waals surface area contributed by atoms with E-state index in [1.807, 2.05) is 0 Å². The Balaban J connectivity index is 4.31. The predicted molar refractivity (Wildman–Crippen MR) is 312 cm³/mol. The third-order valence-corrected chi connectivity index (χ3v) is 14.0. The van der Waals surface area contributed by atoms with Crippen molar-refractivity contribution in [3.8, 4) is 0 Å². The molecular weight excluding hydrogens is 889 g/mol. The van der Waals surface area contributed by atoms with Crippen molar-refractivity contribution >= 4 is 17.9 Å². The fourth-order valence-corrected chi connectivity index (χ4v) is 9.23. The van der Waals surface area contributed by atoms with Gasteiger partial charge in [0.25, 0.3) is 0 Å². The molecule has 0 aromatic heterocycles. The van der Waals surface area contributed by atoms with Gasteiger partial charge in [0.1, 0.15) is 13.2 Å². The topological polar surface area (TPSA) is 78.9 Å². The van der Waals surface area contributed by atoms with Crippen LogP contribution >= 0.6 is 0 Å². The standard InChI is InChI=1S/C66H120O6/c1-4-7-10-13-16-19-22-25-28-30-31-32-33-34-35-37-38-41-44-47-50-53-56-59-65(68)71-62-63(61-70-64(67)58-55-52-49-46-43-40-27-24-21-18-15-12-9-6-3)72-66(69)60-57-54-51-48-45-42-39-36-29-26-23-20-17-14-11-8-5-2/h17,20,24,26-27,29-31,63H,4-16,18-19,21-23,25,28,32-62H2,1-3H3/b20-17-,27-24-,29-26-,31-30-. The highest BCUT2D eigenvalue weighted by atomic mass is 16.6. The van der Waals surface area contributed by atoms with Gasteiger partial charge in [-0.05, 0) is 103 Å². The van der Waals surface area contributed by atoms with Crippen molar-refractivity contribution in [3.05, 3.63) is 48.6 Å². The first-order valence-electron chi connectivity index (χ1n) is 31.6. The molecule has 0 aromatic carbocycles. The Morgan fingerprint density at radius 2 is 0.500 bits per heavy atom. The molecular formula is C66H120O6. The molecule has 0 aliphatic rings. The molecule has 1 atom stereocenters. The third-order valence-electron chi connectivity index (χ3n) is 14.0. The van der Waals surface area contributed by atoms with Crippen LogP contribution in [-0.2, 0) is 28.6 Å². The van der Waals surface area contributed by atoms with Crippen LogP contribution in [0.2, 0.25) is 0 Å². The van der Waals surface area contributed by atoms with Crippen LogP contribution in [0.1, 0.15) is 335 Å². The summed E-state index contributed by atoms with van der Waals surface area (Å²) in [5, 5.41) is 0. The molecule has 0 aliphatic carbocycles. The van der Waals surface area contributed by atoms with Crippen molar-refractivity contribution in [1.82, 2.24) is 0 Å². The lowest BCUT2D eigenvalue weighted by molar-refractivity contribution is -0.167. The number of ether oxygens (including phenoxy) is 3. The van der Waals surface area contributed by atoms with E-state index in [-0.39, 0.29) is 31.1 Å². The van der Waals surface area contributed by atoms with Crippen LogP contribution < -0.4 is 0 Å². The highest BCUT2D eigenvalue weighted by Gasteiger charge is 2.19. The molecule has 0 radical (unpaired) electrons. The van der Waals surface area contributed by atoms with Gasteiger partial charge in [-0.15, -0.1) is 0 Å². The smallest absolute Gasteiger partial charge is 0.306 e. The molecule has 0 spiro atoms. The van der Waals surface area contributed by atoms with Gasteiger partial charge in [0.05, 0.1) is 0 Å².